The Morgan fingerprint density at radius 3 is 2.52 bits per heavy atom. The van der Waals surface area contributed by atoms with Gasteiger partial charge in [0.25, 0.3) is 0 Å². The Kier molecular flexibility index (Phi) is 4.77. The minimum absolute atomic E-state index is 0.495. The monoisotopic (exact) mass is 282 g/mol. The molecule has 0 radical (unpaired) electrons. The Hall–Kier alpha value is -2.55. The average molecular weight is 282 g/mol. The summed E-state index contributed by atoms with van der Waals surface area (Å²) in [4.78, 5) is 10.5. The second-order valence-corrected chi connectivity index (χ2v) is 5.03. The van der Waals surface area contributed by atoms with Gasteiger partial charge in [-0.05, 0) is 43.2 Å². The molecule has 108 valence electrons. The van der Waals surface area contributed by atoms with Gasteiger partial charge in [0.1, 0.15) is 12.4 Å². The fourth-order valence-electron chi connectivity index (χ4n) is 2.19. The normalized spacial score (nSPS) is 10.8. The van der Waals surface area contributed by atoms with Crippen LogP contribution in [0.1, 0.15) is 22.3 Å². The lowest BCUT2D eigenvalue weighted by Gasteiger charge is -2.08. The fourth-order valence-corrected chi connectivity index (χ4v) is 2.19. The number of benzene rings is 2. The summed E-state index contributed by atoms with van der Waals surface area (Å²) in [6, 6.07) is 13.7. The largest absolute Gasteiger partial charge is 0.489 e. The first kappa shape index (κ1) is 14.9. The molecule has 0 aliphatic rings. The summed E-state index contributed by atoms with van der Waals surface area (Å²) < 4.78 is 5.77. The number of hydrogen-bond donors (Lipinski definition) is 1. The molecule has 1 N–H and O–H groups in total. The van der Waals surface area contributed by atoms with E-state index in [-0.39, 0.29) is 0 Å². The molecule has 0 saturated heterocycles. The van der Waals surface area contributed by atoms with E-state index in [1.807, 2.05) is 24.3 Å². The number of rotatable bonds is 5. The Balaban J connectivity index is 2.06. The van der Waals surface area contributed by atoms with Crippen LogP contribution in [0.15, 0.2) is 48.5 Å². The second-order valence-electron chi connectivity index (χ2n) is 5.03. The van der Waals surface area contributed by atoms with Crippen LogP contribution in [0, 0.1) is 13.8 Å². The maximum absolute atomic E-state index is 10.5. The first-order valence-corrected chi connectivity index (χ1v) is 6.74. The quantitative estimate of drug-likeness (QED) is 0.844. The Morgan fingerprint density at radius 1 is 1.14 bits per heavy atom. The summed E-state index contributed by atoms with van der Waals surface area (Å²) in [5, 5.41) is 8.63. The summed E-state index contributed by atoms with van der Waals surface area (Å²) in [5.74, 6) is -0.238. The molecule has 0 aliphatic heterocycles. The molecule has 2 aromatic carbocycles. The molecule has 0 bridgehead atoms. The highest BCUT2D eigenvalue weighted by Crippen LogP contribution is 2.17. The highest BCUT2D eigenvalue weighted by Gasteiger charge is 1.99. The van der Waals surface area contributed by atoms with Crippen molar-refractivity contribution in [1.82, 2.24) is 0 Å². The van der Waals surface area contributed by atoms with E-state index in [0.29, 0.717) is 6.61 Å². The van der Waals surface area contributed by atoms with Crippen molar-refractivity contribution < 1.29 is 14.6 Å². The third-order valence-electron chi connectivity index (χ3n) is 2.96. The summed E-state index contributed by atoms with van der Waals surface area (Å²) in [6.07, 6.45) is 2.66. The molecule has 3 nitrogen and oxygen atoms in total. The third kappa shape index (κ3) is 4.80. The number of ether oxygens (including phenoxy) is 1. The van der Waals surface area contributed by atoms with Crippen LogP contribution in [-0.4, -0.2) is 11.1 Å². The predicted molar refractivity (Wildman–Crippen MR) is 83.4 cm³/mol. The van der Waals surface area contributed by atoms with Crippen LogP contribution < -0.4 is 4.74 Å². The van der Waals surface area contributed by atoms with Gasteiger partial charge in [0.15, 0.2) is 0 Å². The van der Waals surface area contributed by atoms with Crippen LogP contribution in [0.5, 0.6) is 5.75 Å². The first-order valence-electron chi connectivity index (χ1n) is 6.74. The van der Waals surface area contributed by atoms with E-state index in [1.165, 1.54) is 11.1 Å². The lowest BCUT2D eigenvalue weighted by atomic mass is 10.1. The van der Waals surface area contributed by atoms with Gasteiger partial charge in [-0.3, -0.25) is 0 Å². The Labute approximate surface area is 124 Å². The molecular formula is C18H18O3. The van der Waals surface area contributed by atoms with E-state index < -0.39 is 5.97 Å². The zero-order valence-corrected chi connectivity index (χ0v) is 12.2. The number of hydrogen-bond acceptors (Lipinski definition) is 2. The highest BCUT2D eigenvalue weighted by molar-refractivity contribution is 5.85. The number of aliphatic carboxylic acids is 1. The van der Waals surface area contributed by atoms with Gasteiger partial charge in [-0.25, -0.2) is 4.79 Å². The van der Waals surface area contributed by atoms with Gasteiger partial charge in [-0.2, -0.15) is 0 Å². The molecular weight excluding hydrogens is 264 g/mol. The van der Waals surface area contributed by atoms with Crippen LogP contribution >= 0.6 is 0 Å². The minimum atomic E-state index is -0.962. The van der Waals surface area contributed by atoms with Gasteiger partial charge in [-0.15, -0.1) is 0 Å². The molecule has 0 saturated carbocycles. The van der Waals surface area contributed by atoms with E-state index in [4.69, 9.17) is 9.84 Å². The molecule has 21 heavy (non-hydrogen) atoms. The van der Waals surface area contributed by atoms with Crippen molar-refractivity contribution in [3.05, 3.63) is 70.8 Å². The summed E-state index contributed by atoms with van der Waals surface area (Å²) >= 11 is 0. The molecule has 2 aromatic rings. The van der Waals surface area contributed by atoms with Crippen molar-refractivity contribution >= 4 is 12.0 Å². The Morgan fingerprint density at radius 2 is 1.86 bits per heavy atom. The summed E-state index contributed by atoms with van der Waals surface area (Å²) in [5.41, 5.74) is 4.35. The van der Waals surface area contributed by atoms with Crippen molar-refractivity contribution in [2.75, 3.05) is 0 Å². The molecule has 0 spiro atoms. The number of carboxylic acids is 1. The van der Waals surface area contributed by atoms with Crippen molar-refractivity contribution in [3.8, 4) is 5.75 Å². The van der Waals surface area contributed by atoms with Crippen LogP contribution in [0.2, 0.25) is 0 Å². The van der Waals surface area contributed by atoms with E-state index in [1.54, 1.807) is 6.08 Å². The smallest absolute Gasteiger partial charge is 0.328 e. The maximum atomic E-state index is 10.5. The zero-order valence-electron chi connectivity index (χ0n) is 12.2. The SMILES string of the molecule is Cc1cc(C)cc(COc2cccc(/C=C/C(=O)O)c2)c1. The van der Waals surface area contributed by atoms with Crippen molar-refractivity contribution in [3.63, 3.8) is 0 Å². The minimum Gasteiger partial charge on any atom is -0.489 e. The van der Waals surface area contributed by atoms with E-state index in [2.05, 4.69) is 32.0 Å². The van der Waals surface area contributed by atoms with E-state index in [0.717, 1.165) is 23.0 Å². The molecule has 0 atom stereocenters. The van der Waals surface area contributed by atoms with Crippen LogP contribution in [-0.2, 0) is 11.4 Å². The van der Waals surface area contributed by atoms with Gasteiger partial charge in [0.2, 0.25) is 0 Å². The lowest BCUT2D eigenvalue weighted by molar-refractivity contribution is -0.131. The summed E-state index contributed by atoms with van der Waals surface area (Å²) in [6.45, 7) is 4.62. The van der Waals surface area contributed by atoms with Crippen LogP contribution in [0.25, 0.3) is 6.08 Å². The number of carbonyl (C=O) groups is 1. The van der Waals surface area contributed by atoms with Crippen LogP contribution in [0.3, 0.4) is 0 Å². The zero-order chi connectivity index (χ0) is 15.2. The van der Waals surface area contributed by atoms with Crippen molar-refractivity contribution in [2.24, 2.45) is 0 Å². The lowest BCUT2D eigenvalue weighted by Crippen LogP contribution is -1.96. The molecule has 2 rings (SSSR count). The van der Waals surface area contributed by atoms with Crippen LogP contribution in [0.4, 0.5) is 0 Å². The number of aryl methyl sites for hydroxylation is 2. The van der Waals surface area contributed by atoms with Crippen molar-refractivity contribution in [1.29, 1.82) is 0 Å². The molecule has 0 fully saturated rings. The average Bonchev–Trinajstić information content (AvgIpc) is 2.42. The topological polar surface area (TPSA) is 46.5 Å². The van der Waals surface area contributed by atoms with E-state index in [9.17, 15) is 4.79 Å². The van der Waals surface area contributed by atoms with Crippen molar-refractivity contribution in [2.45, 2.75) is 20.5 Å². The standard InChI is InChI=1S/C18H18O3/c1-13-8-14(2)10-16(9-13)12-21-17-5-3-4-15(11-17)6-7-18(19)20/h3-11H,12H2,1-2H3,(H,19,20)/b7-6+. The molecule has 0 aliphatic carbocycles. The Bertz CT molecular complexity index is 652. The van der Waals surface area contributed by atoms with Gasteiger partial charge < -0.3 is 9.84 Å². The van der Waals surface area contributed by atoms with Gasteiger partial charge in [0.05, 0.1) is 0 Å². The molecule has 0 unspecified atom stereocenters. The molecule has 0 heterocycles. The summed E-state index contributed by atoms with van der Waals surface area (Å²) in [7, 11) is 0. The van der Waals surface area contributed by atoms with Gasteiger partial charge in [0, 0.05) is 6.08 Å². The fraction of sp³-hybridized carbons (Fsp3) is 0.167. The molecule has 0 amide bonds. The van der Waals surface area contributed by atoms with Gasteiger partial charge >= 0.3 is 5.97 Å². The predicted octanol–water partition coefficient (Wildman–Crippen LogP) is 3.98. The molecule has 3 heteroatoms. The first-order chi connectivity index (χ1) is 10.0. The second kappa shape index (κ2) is 6.75. The van der Waals surface area contributed by atoms with E-state index >= 15 is 0 Å². The molecule has 0 aromatic heterocycles. The maximum Gasteiger partial charge on any atom is 0.328 e. The van der Waals surface area contributed by atoms with Gasteiger partial charge in [-0.1, -0.05) is 41.5 Å². The third-order valence-corrected chi connectivity index (χ3v) is 2.96. The highest BCUT2D eigenvalue weighted by atomic mass is 16.5. The number of carboxylic acid groups (broad SMARTS) is 1.